The van der Waals surface area contributed by atoms with Crippen LogP contribution in [0, 0.1) is 0 Å². The summed E-state index contributed by atoms with van der Waals surface area (Å²) in [5.41, 5.74) is 0. The van der Waals surface area contributed by atoms with E-state index in [0.29, 0.717) is 23.9 Å². The lowest BCUT2D eigenvalue weighted by atomic mass is 10.0. The van der Waals surface area contributed by atoms with Crippen LogP contribution in [0.2, 0.25) is 0 Å². The van der Waals surface area contributed by atoms with Crippen molar-refractivity contribution in [3.8, 4) is 0 Å². The molecule has 0 fully saturated rings. The number of esters is 1. The zero-order valence-corrected chi connectivity index (χ0v) is 45.3. The molecule has 390 valence electrons. The highest BCUT2D eigenvalue weighted by molar-refractivity contribution is 7.47. The molecule has 0 aromatic rings. The lowest BCUT2D eigenvalue weighted by Gasteiger charge is -2.27. The summed E-state index contributed by atoms with van der Waals surface area (Å²) in [5, 5.41) is 3.03. The van der Waals surface area contributed by atoms with Gasteiger partial charge in [0.15, 0.2) is 0 Å². The predicted molar refractivity (Wildman–Crippen MR) is 286 cm³/mol. The molecule has 2 N–H and O–H groups in total. The fourth-order valence-corrected chi connectivity index (χ4v) is 8.39. The molecule has 0 aliphatic carbocycles. The van der Waals surface area contributed by atoms with Gasteiger partial charge >= 0.3 is 13.8 Å². The van der Waals surface area contributed by atoms with Crippen molar-refractivity contribution >= 4 is 19.7 Å². The number of likely N-dealkylation sites (N-methyl/N-ethyl adjacent to an activating group) is 1. The van der Waals surface area contributed by atoms with Crippen LogP contribution in [0.15, 0.2) is 60.8 Å². The van der Waals surface area contributed by atoms with Crippen LogP contribution in [0.3, 0.4) is 0 Å². The largest absolute Gasteiger partial charge is 0.472 e. The fourth-order valence-electron chi connectivity index (χ4n) is 7.65. The van der Waals surface area contributed by atoms with Gasteiger partial charge in [-0.2, -0.15) is 0 Å². The Morgan fingerprint density at radius 2 is 0.955 bits per heavy atom. The number of quaternary nitrogens is 1. The average molecular weight is 962 g/mol. The van der Waals surface area contributed by atoms with E-state index in [0.717, 1.165) is 96.3 Å². The van der Waals surface area contributed by atoms with E-state index in [2.05, 4.69) is 74.7 Å². The number of nitrogens with zero attached hydrogens (tertiary/aromatic N) is 1. The van der Waals surface area contributed by atoms with Gasteiger partial charge in [0.25, 0.3) is 0 Å². The first-order chi connectivity index (χ1) is 32.4. The summed E-state index contributed by atoms with van der Waals surface area (Å²) in [6.07, 6.45) is 57.8. The van der Waals surface area contributed by atoms with Crippen LogP contribution in [0.4, 0.5) is 0 Å². The van der Waals surface area contributed by atoms with Crippen molar-refractivity contribution < 1.29 is 37.3 Å². The van der Waals surface area contributed by atoms with Crippen LogP contribution in [0.5, 0.6) is 0 Å². The minimum Gasteiger partial charge on any atom is -0.456 e. The maximum Gasteiger partial charge on any atom is 0.472 e. The van der Waals surface area contributed by atoms with Gasteiger partial charge in [-0.25, -0.2) is 4.57 Å². The van der Waals surface area contributed by atoms with E-state index in [1.807, 2.05) is 33.3 Å². The number of unbranched alkanes of at least 4 members (excludes halogenated alkanes) is 25. The monoisotopic (exact) mass is 962 g/mol. The number of allylic oxidation sites excluding steroid dienone is 9. The molecule has 0 spiro atoms. The van der Waals surface area contributed by atoms with Crippen molar-refractivity contribution in [2.75, 3.05) is 40.9 Å². The Hall–Kier alpha value is -2.29. The van der Waals surface area contributed by atoms with E-state index in [1.165, 1.54) is 103 Å². The Balaban J connectivity index is 5.47. The van der Waals surface area contributed by atoms with Crippen LogP contribution < -0.4 is 5.32 Å². The number of phosphoric ester groups is 1. The molecule has 67 heavy (non-hydrogen) atoms. The van der Waals surface area contributed by atoms with Gasteiger partial charge in [0.2, 0.25) is 5.91 Å². The standard InChI is InChI=1S/C57H105N2O7P/c1-7-10-13-16-19-22-25-28-31-34-37-40-43-46-49-56(60)58-54(53-65-67(62,63)64-52-51-59(4,5)6)55(48-45-42-39-36-33-30-27-24-21-18-15-12-9-3)66-57(61)50-47-44-41-38-35-32-29-26-23-20-17-14-11-8-2/h10,13,19,22,28,31-32,35,45,48,54-55H,7-9,11-12,14-18,20-21,23-27,29-30,33-34,36-44,46-47,49-53H2,1-6H3,(H-,58,60,62,63)/p+1/b13-10+,22-19+,31-28+,35-32-,48-45+. The number of nitrogens with one attached hydrogen (secondary N) is 1. The van der Waals surface area contributed by atoms with E-state index in [1.54, 1.807) is 0 Å². The van der Waals surface area contributed by atoms with Crippen molar-refractivity contribution in [2.24, 2.45) is 0 Å². The van der Waals surface area contributed by atoms with Crippen LogP contribution in [0.1, 0.15) is 239 Å². The first-order valence-electron chi connectivity index (χ1n) is 27.6. The van der Waals surface area contributed by atoms with Gasteiger partial charge in [0.1, 0.15) is 19.3 Å². The number of rotatable bonds is 49. The minimum absolute atomic E-state index is 0.0321. The highest BCUT2D eigenvalue weighted by atomic mass is 31.2. The van der Waals surface area contributed by atoms with Gasteiger partial charge in [-0.1, -0.05) is 197 Å². The summed E-state index contributed by atoms with van der Waals surface area (Å²) < 4.78 is 30.5. The third kappa shape index (κ3) is 48.5. The smallest absolute Gasteiger partial charge is 0.456 e. The lowest BCUT2D eigenvalue weighted by Crippen LogP contribution is -2.47. The van der Waals surface area contributed by atoms with Crippen LogP contribution >= 0.6 is 7.82 Å². The average Bonchev–Trinajstić information content (AvgIpc) is 3.28. The molecule has 1 amide bonds. The van der Waals surface area contributed by atoms with Crippen LogP contribution in [-0.4, -0.2) is 74.3 Å². The Kier molecular flexibility index (Phi) is 45.8. The Labute approximate surface area is 413 Å². The molecule has 3 unspecified atom stereocenters. The quantitative estimate of drug-likeness (QED) is 0.0205. The molecule has 0 radical (unpaired) electrons. The minimum atomic E-state index is -4.45. The number of hydrogen-bond acceptors (Lipinski definition) is 6. The Bertz CT molecular complexity index is 1340. The molecule has 0 aliphatic rings. The maximum absolute atomic E-state index is 13.5. The van der Waals surface area contributed by atoms with Gasteiger partial charge < -0.3 is 19.4 Å². The maximum atomic E-state index is 13.5. The van der Waals surface area contributed by atoms with Gasteiger partial charge in [0.05, 0.1) is 33.8 Å². The molecular weight excluding hydrogens is 856 g/mol. The van der Waals surface area contributed by atoms with Gasteiger partial charge in [-0.05, 0) is 89.5 Å². The molecule has 9 nitrogen and oxygen atoms in total. The summed E-state index contributed by atoms with van der Waals surface area (Å²) in [7, 11) is 1.47. The summed E-state index contributed by atoms with van der Waals surface area (Å²) >= 11 is 0. The van der Waals surface area contributed by atoms with Crippen LogP contribution in [-0.2, 0) is 27.9 Å². The molecule has 0 bridgehead atoms. The first-order valence-corrected chi connectivity index (χ1v) is 29.1. The van der Waals surface area contributed by atoms with E-state index in [4.69, 9.17) is 13.8 Å². The molecule has 0 aromatic heterocycles. The van der Waals surface area contributed by atoms with Crippen molar-refractivity contribution in [2.45, 2.75) is 251 Å². The van der Waals surface area contributed by atoms with Crippen molar-refractivity contribution in [1.82, 2.24) is 5.32 Å². The molecule has 0 saturated heterocycles. The van der Waals surface area contributed by atoms with Crippen molar-refractivity contribution in [3.05, 3.63) is 60.8 Å². The van der Waals surface area contributed by atoms with Crippen molar-refractivity contribution in [1.29, 1.82) is 0 Å². The van der Waals surface area contributed by atoms with Crippen molar-refractivity contribution in [3.63, 3.8) is 0 Å². The summed E-state index contributed by atoms with van der Waals surface area (Å²) in [6.45, 7) is 6.86. The summed E-state index contributed by atoms with van der Waals surface area (Å²) in [6, 6.07) is -0.865. The second kappa shape index (κ2) is 47.4. The fraction of sp³-hybridized carbons (Fsp3) is 0.789. The second-order valence-electron chi connectivity index (χ2n) is 19.7. The highest BCUT2D eigenvalue weighted by Gasteiger charge is 2.30. The number of ether oxygens (including phenoxy) is 1. The summed E-state index contributed by atoms with van der Waals surface area (Å²) in [5.74, 6) is -0.550. The molecular formula is C57H106N2O7P+. The third-order valence-electron chi connectivity index (χ3n) is 11.9. The van der Waals surface area contributed by atoms with Gasteiger partial charge in [-0.3, -0.25) is 18.6 Å². The molecule has 3 atom stereocenters. The highest BCUT2D eigenvalue weighted by Crippen LogP contribution is 2.43. The number of carbonyl (C=O) groups excluding carboxylic acids is 2. The Morgan fingerprint density at radius 3 is 1.46 bits per heavy atom. The molecule has 0 aromatic carbocycles. The molecule has 0 saturated carbocycles. The van der Waals surface area contributed by atoms with E-state index >= 15 is 0 Å². The number of amides is 1. The van der Waals surface area contributed by atoms with Crippen LogP contribution in [0.25, 0.3) is 0 Å². The zero-order chi connectivity index (χ0) is 49.4. The molecule has 0 heterocycles. The number of carbonyl (C=O) groups is 2. The normalized spacial score (nSPS) is 14.3. The van der Waals surface area contributed by atoms with Gasteiger partial charge in [-0.15, -0.1) is 0 Å². The van der Waals surface area contributed by atoms with E-state index in [9.17, 15) is 19.0 Å². The van der Waals surface area contributed by atoms with E-state index < -0.39 is 20.0 Å². The van der Waals surface area contributed by atoms with E-state index in [-0.39, 0.29) is 31.5 Å². The molecule has 10 heteroatoms. The third-order valence-corrected chi connectivity index (χ3v) is 12.9. The second-order valence-corrected chi connectivity index (χ2v) is 21.2. The predicted octanol–water partition coefficient (Wildman–Crippen LogP) is 16.3. The molecule has 0 aliphatic heterocycles. The SMILES string of the molecule is CC/C=C/C/C=C/C/C=C/CCCCCCC(=O)NC(COP(=O)(O)OCC[N+](C)(C)C)C(/C=C/CCCCCCCCCCCCC)OC(=O)CCCCC/C=C\CCCCCCCCC. The lowest BCUT2D eigenvalue weighted by molar-refractivity contribution is -0.870. The number of phosphoric acid groups is 1. The summed E-state index contributed by atoms with van der Waals surface area (Å²) in [4.78, 5) is 37.5. The van der Waals surface area contributed by atoms with Gasteiger partial charge in [0, 0.05) is 12.8 Å². The zero-order valence-electron chi connectivity index (χ0n) is 44.4. The topological polar surface area (TPSA) is 111 Å². The molecule has 0 rings (SSSR count). The Morgan fingerprint density at radius 1 is 0.537 bits per heavy atom. The first kappa shape index (κ1) is 64.7. The number of hydrogen-bond donors (Lipinski definition) is 2.